The fourth-order valence-corrected chi connectivity index (χ4v) is 11.4. The molecule has 2 aliphatic carbocycles. The Balaban J connectivity index is 1.10. The SMILES string of the molecule is CCOc1cc([C@H]2c3sc(=O)[nH]c3SC3C4CC(C5C(=O)N(c6ccc(Br)cc6)C(=O)C45)C32)ccc1OCC(=O)Nc1ccc(O)cc1. The number of ether oxygens (including phenoxy) is 2. The van der Waals surface area contributed by atoms with Gasteiger partial charge in [0.05, 0.1) is 29.2 Å². The Bertz CT molecular complexity index is 2000. The molecule has 0 radical (unpaired) electrons. The number of aromatic nitrogens is 1. The summed E-state index contributed by atoms with van der Waals surface area (Å²) in [5, 5.41) is 13.1. The van der Waals surface area contributed by atoms with Crippen molar-refractivity contribution in [1.82, 2.24) is 4.98 Å². The van der Waals surface area contributed by atoms with Crippen molar-refractivity contribution < 1.29 is 29.0 Å². The number of nitrogens with zero attached hydrogens (tertiary/aromatic N) is 1. The third-order valence-corrected chi connectivity index (χ3v) is 13.1. The van der Waals surface area contributed by atoms with E-state index in [2.05, 4.69) is 26.2 Å². The predicted molar refractivity (Wildman–Crippen MR) is 185 cm³/mol. The molecule has 3 fully saturated rings. The molecule has 3 heterocycles. The summed E-state index contributed by atoms with van der Waals surface area (Å²) < 4.78 is 12.8. The molecule has 0 spiro atoms. The number of hydrogen-bond acceptors (Lipinski definition) is 9. The van der Waals surface area contributed by atoms with Crippen LogP contribution in [0.4, 0.5) is 11.4 Å². The number of benzene rings is 3. The minimum absolute atomic E-state index is 0.00649. The number of aromatic hydroxyl groups is 1. The predicted octanol–water partition coefficient (Wildman–Crippen LogP) is 6.00. The number of amides is 3. The van der Waals surface area contributed by atoms with Crippen LogP contribution >= 0.6 is 39.0 Å². The number of aromatic amines is 1. The maximum Gasteiger partial charge on any atom is 0.305 e. The van der Waals surface area contributed by atoms with Crippen molar-refractivity contribution in [2.45, 2.75) is 29.5 Å². The van der Waals surface area contributed by atoms with Crippen LogP contribution < -0.4 is 24.6 Å². The Hall–Kier alpha value is -4.07. The molecule has 2 saturated carbocycles. The molecule has 8 rings (SSSR count). The molecule has 48 heavy (non-hydrogen) atoms. The first-order chi connectivity index (χ1) is 23.2. The van der Waals surface area contributed by atoms with Gasteiger partial charge in [-0.25, -0.2) is 0 Å². The van der Waals surface area contributed by atoms with E-state index in [-0.39, 0.29) is 69.8 Å². The molecule has 13 heteroatoms. The molecule has 3 N–H and O–H groups in total. The molecule has 3 amide bonds. The first kappa shape index (κ1) is 31.2. The molecule has 4 aromatic rings. The van der Waals surface area contributed by atoms with Crippen LogP contribution in [-0.4, -0.2) is 46.3 Å². The number of phenols is 1. The number of hydrogen-bond donors (Lipinski definition) is 3. The average molecular weight is 749 g/mol. The number of rotatable bonds is 8. The summed E-state index contributed by atoms with van der Waals surface area (Å²) in [4.78, 5) is 58.5. The highest BCUT2D eigenvalue weighted by atomic mass is 79.9. The van der Waals surface area contributed by atoms with Crippen LogP contribution in [0.25, 0.3) is 0 Å². The molecule has 3 aromatic carbocycles. The Morgan fingerprint density at radius 3 is 2.44 bits per heavy atom. The number of nitrogens with one attached hydrogen (secondary N) is 2. The zero-order chi connectivity index (χ0) is 33.3. The van der Waals surface area contributed by atoms with Gasteiger partial charge >= 0.3 is 4.87 Å². The summed E-state index contributed by atoms with van der Waals surface area (Å²) in [7, 11) is 0. The first-order valence-electron chi connectivity index (χ1n) is 15.7. The monoisotopic (exact) mass is 747 g/mol. The van der Waals surface area contributed by atoms with Gasteiger partial charge in [-0.3, -0.25) is 24.1 Å². The maximum absolute atomic E-state index is 14.0. The van der Waals surface area contributed by atoms with E-state index in [9.17, 15) is 24.3 Å². The largest absolute Gasteiger partial charge is 0.508 e. The summed E-state index contributed by atoms with van der Waals surface area (Å²) in [6.45, 7) is 1.98. The van der Waals surface area contributed by atoms with Crippen LogP contribution in [-0.2, 0) is 14.4 Å². The number of anilines is 2. The zero-order valence-electron chi connectivity index (χ0n) is 25.6. The van der Waals surface area contributed by atoms with Crippen molar-refractivity contribution in [1.29, 1.82) is 0 Å². The average Bonchev–Trinajstić information content (AvgIpc) is 3.81. The molecule has 2 aliphatic heterocycles. The van der Waals surface area contributed by atoms with E-state index in [1.54, 1.807) is 42.1 Å². The topological polar surface area (TPSA) is 138 Å². The molecule has 6 unspecified atom stereocenters. The van der Waals surface area contributed by atoms with Crippen LogP contribution in [0.5, 0.6) is 17.2 Å². The van der Waals surface area contributed by atoms with Crippen LogP contribution in [0.2, 0.25) is 0 Å². The summed E-state index contributed by atoms with van der Waals surface area (Å²) in [5.74, 6) is -0.637. The summed E-state index contributed by atoms with van der Waals surface area (Å²) >= 11 is 6.28. The Morgan fingerprint density at radius 2 is 1.71 bits per heavy atom. The number of phenolic OH excluding ortho intramolecular Hbond substituents is 1. The standard InChI is InChI=1S/C35H30BrN3O7S2/c1-2-45-24-13-16(3-12-23(24)46-15-25(41)37-18-6-10-20(40)11-7-18)26-27-21-14-22(30(27)47-32-31(26)48-35(44)38-32)29-28(21)33(42)39(34(29)43)19-8-4-17(36)5-9-19/h3-13,21-22,26-30,40H,2,14-15H2,1H3,(H,37,41)(H,38,44)/t21?,22?,26-,27?,28?,29?,30?/m1/s1. The van der Waals surface area contributed by atoms with Crippen LogP contribution in [0.15, 0.2) is 81.0 Å². The number of halogens is 1. The van der Waals surface area contributed by atoms with E-state index in [4.69, 9.17) is 9.47 Å². The van der Waals surface area contributed by atoms with Gasteiger partial charge in [0.25, 0.3) is 5.91 Å². The number of imide groups is 1. The van der Waals surface area contributed by atoms with Gasteiger partial charge < -0.3 is 24.9 Å². The first-order valence-corrected chi connectivity index (χ1v) is 18.2. The molecule has 4 aliphatic rings. The van der Waals surface area contributed by atoms with Crippen molar-refractivity contribution in [3.05, 3.63) is 91.3 Å². The number of thiazole rings is 1. The van der Waals surface area contributed by atoms with Gasteiger partial charge in [-0.2, -0.15) is 0 Å². The number of fused-ring (bicyclic) bond motifs is 9. The molecule has 246 valence electrons. The molecule has 1 aromatic heterocycles. The molecule has 7 atom stereocenters. The van der Waals surface area contributed by atoms with Gasteiger partial charge in [-0.15, -0.1) is 11.8 Å². The van der Waals surface area contributed by atoms with Crippen LogP contribution in [0.3, 0.4) is 0 Å². The summed E-state index contributed by atoms with van der Waals surface area (Å²) in [6, 6.07) is 19.1. The zero-order valence-corrected chi connectivity index (χ0v) is 28.8. The van der Waals surface area contributed by atoms with E-state index >= 15 is 0 Å². The second-order valence-corrected chi connectivity index (χ2v) is 15.6. The van der Waals surface area contributed by atoms with Gasteiger partial charge in [0.1, 0.15) is 5.75 Å². The van der Waals surface area contributed by atoms with Crippen molar-refractivity contribution >= 4 is 68.1 Å². The second-order valence-electron chi connectivity index (χ2n) is 12.5. The van der Waals surface area contributed by atoms with Crippen molar-refractivity contribution in [3.63, 3.8) is 0 Å². The summed E-state index contributed by atoms with van der Waals surface area (Å²) in [6.07, 6.45) is 0.786. The Labute approximate surface area is 292 Å². The lowest BCUT2D eigenvalue weighted by Crippen LogP contribution is -2.42. The molecule has 10 nitrogen and oxygen atoms in total. The fourth-order valence-electron chi connectivity index (χ4n) is 8.23. The Kier molecular flexibility index (Phi) is 7.88. The second kappa shape index (κ2) is 12.1. The van der Waals surface area contributed by atoms with E-state index in [0.717, 1.165) is 26.4 Å². The number of carbonyl (C=O) groups is 3. The lowest BCUT2D eigenvalue weighted by Gasteiger charge is -2.43. The van der Waals surface area contributed by atoms with Crippen LogP contribution in [0.1, 0.15) is 29.7 Å². The third kappa shape index (κ3) is 5.14. The highest BCUT2D eigenvalue weighted by Gasteiger charge is 2.69. The van der Waals surface area contributed by atoms with Gasteiger partial charge in [-0.05, 0) is 97.3 Å². The van der Waals surface area contributed by atoms with Gasteiger partial charge in [-0.1, -0.05) is 33.3 Å². The number of H-pyrrole nitrogens is 1. The number of carbonyl (C=O) groups excluding carboxylic acids is 3. The highest BCUT2D eigenvalue weighted by molar-refractivity contribution is 9.10. The van der Waals surface area contributed by atoms with Gasteiger partial charge in [0, 0.05) is 26.2 Å². The Morgan fingerprint density at radius 1 is 0.979 bits per heavy atom. The maximum atomic E-state index is 14.0. The highest BCUT2D eigenvalue weighted by Crippen LogP contribution is 2.68. The molecule has 2 bridgehead atoms. The van der Waals surface area contributed by atoms with E-state index in [1.807, 2.05) is 31.2 Å². The minimum atomic E-state index is -0.409. The van der Waals surface area contributed by atoms with Crippen molar-refractivity contribution in [2.24, 2.45) is 29.6 Å². The fraction of sp³-hybridized carbons (Fsp3) is 0.314. The normalized spacial score (nSPS) is 26.6. The number of thioether (sulfide) groups is 1. The lowest BCUT2D eigenvalue weighted by atomic mass is 9.68. The van der Waals surface area contributed by atoms with E-state index < -0.39 is 5.92 Å². The van der Waals surface area contributed by atoms with Crippen LogP contribution in [0, 0.1) is 29.6 Å². The van der Waals surface area contributed by atoms with Crippen molar-refractivity contribution in [2.75, 3.05) is 23.4 Å². The van der Waals surface area contributed by atoms with Gasteiger partial charge in [0.15, 0.2) is 18.1 Å². The third-order valence-electron chi connectivity index (χ3n) is 9.95. The quantitative estimate of drug-likeness (QED) is 0.148. The molecule has 1 saturated heterocycles. The smallest absolute Gasteiger partial charge is 0.305 e. The van der Waals surface area contributed by atoms with E-state index in [1.165, 1.54) is 28.4 Å². The van der Waals surface area contributed by atoms with Crippen molar-refractivity contribution in [3.8, 4) is 17.2 Å². The molecular formula is C35H30BrN3O7S2. The summed E-state index contributed by atoms with van der Waals surface area (Å²) in [5.41, 5.74) is 2.05. The van der Waals surface area contributed by atoms with Gasteiger partial charge in [0.2, 0.25) is 11.8 Å². The lowest BCUT2D eigenvalue weighted by molar-refractivity contribution is -0.123. The minimum Gasteiger partial charge on any atom is -0.508 e. The van der Waals surface area contributed by atoms with E-state index in [0.29, 0.717) is 29.5 Å². The molecular weight excluding hydrogens is 718 g/mol.